The van der Waals surface area contributed by atoms with Crippen LogP contribution in [0.5, 0.6) is 0 Å². The molecular formula is C19H25N3O3. The molecule has 0 aliphatic carbocycles. The number of H-pyrrole nitrogens is 1. The highest BCUT2D eigenvalue weighted by atomic mass is 16.5. The number of β-amino-alcohol motifs (C(OH)–C–C–N with tert-alkyl or cyclic N) is 1. The minimum Gasteiger partial charge on any atom is -0.384 e. The topological polar surface area (TPSA) is 68.8 Å². The Bertz CT molecular complexity index is 753. The number of amides is 1. The first-order chi connectivity index (χ1) is 12.1. The van der Waals surface area contributed by atoms with E-state index in [0.717, 1.165) is 24.0 Å². The summed E-state index contributed by atoms with van der Waals surface area (Å²) in [5.41, 5.74) is 0.581. The van der Waals surface area contributed by atoms with Gasteiger partial charge in [0.25, 0.3) is 5.91 Å². The molecule has 0 spiro atoms. The van der Waals surface area contributed by atoms with Gasteiger partial charge in [-0.2, -0.15) is 0 Å². The number of likely N-dealkylation sites (tertiary alicyclic amines) is 1. The molecule has 1 atom stereocenters. The zero-order valence-corrected chi connectivity index (χ0v) is 14.4. The highest BCUT2D eigenvalue weighted by Gasteiger charge is 2.36. The molecule has 134 valence electrons. The van der Waals surface area contributed by atoms with Crippen LogP contribution in [0.2, 0.25) is 0 Å². The smallest absolute Gasteiger partial charge is 0.254 e. The van der Waals surface area contributed by atoms with Crippen molar-refractivity contribution in [1.29, 1.82) is 0 Å². The van der Waals surface area contributed by atoms with E-state index in [1.54, 1.807) is 4.90 Å². The summed E-state index contributed by atoms with van der Waals surface area (Å²) in [6.07, 6.45) is 4.22. The zero-order chi connectivity index (χ0) is 17.3. The maximum atomic E-state index is 13.0. The number of aromatic nitrogens is 1. The summed E-state index contributed by atoms with van der Waals surface area (Å²) in [5.74, 6) is -0.0538. The van der Waals surface area contributed by atoms with Crippen molar-refractivity contribution < 1.29 is 14.6 Å². The van der Waals surface area contributed by atoms with E-state index in [0.29, 0.717) is 31.8 Å². The van der Waals surface area contributed by atoms with Gasteiger partial charge in [-0.25, -0.2) is 0 Å². The molecule has 2 N–H and O–H groups in total. The molecule has 0 radical (unpaired) electrons. The van der Waals surface area contributed by atoms with E-state index in [1.165, 1.54) is 12.8 Å². The Kier molecular flexibility index (Phi) is 4.50. The minimum absolute atomic E-state index is 0.0538. The van der Waals surface area contributed by atoms with E-state index in [2.05, 4.69) is 9.88 Å². The second-order valence-corrected chi connectivity index (χ2v) is 7.27. The van der Waals surface area contributed by atoms with Gasteiger partial charge in [0.15, 0.2) is 0 Å². The summed E-state index contributed by atoms with van der Waals surface area (Å²) in [4.78, 5) is 20.1. The summed E-state index contributed by atoms with van der Waals surface area (Å²) in [7, 11) is 0. The van der Waals surface area contributed by atoms with Gasteiger partial charge in [-0.3, -0.25) is 4.79 Å². The van der Waals surface area contributed by atoms with Crippen molar-refractivity contribution >= 4 is 16.8 Å². The number of ether oxygens (including phenoxy) is 1. The number of benzene rings is 1. The SMILES string of the molecule is O=C(c1ccc2cc[nH]c2c1)N1CCOC[C@@](O)(CN2CCCC2)C1. The third kappa shape index (κ3) is 3.56. The maximum Gasteiger partial charge on any atom is 0.254 e. The number of nitrogens with one attached hydrogen (secondary N) is 1. The number of rotatable bonds is 3. The summed E-state index contributed by atoms with van der Waals surface area (Å²) in [6, 6.07) is 7.66. The number of hydrogen-bond acceptors (Lipinski definition) is 4. The van der Waals surface area contributed by atoms with E-state index in [4.69, 9.17) is 4.74 Å². The molecule has 2 fully saturated rings. The van der Waals surface area contributed by atoms with E-state index in [-0.39, 0.29) is 12.5 Å². The first-order valence-electron chi connectivity index (χ1n) is 9.02. The van der Waals surface area contributed by atoms with Crippen molar-refractivity contribution in [2.45, 2.75) is 18.4 Å². The largest absolute Gasteiger partial charge is 0.384 e. The third-order valence-electron chi connectivity index (χ3n) is 5.17. The molecule has 6 heteroatoms. The van der Waals surface area contributed by atoms with Crippen molar-refractivity contribution in [2.24, 2.45) is 0 Å². The van der Waals surface area contributed by atoms with Gasteiger partial charge in [0, 0.05) is 30.4 Å². The molecule has 0 bridgehead atoms. The Balaban J connectivity index is 1.52. The number of fused-ring (bicyclic) bond motifs is 1. The second-order valence-electron chi connectivity index (χ2n) is 7.27. The summed E-state index contributed by atoms with van der Waals surface area (Å²) >= 11 is 0. The predicted octanol–water partition coefficient (Wildman–Crippen LogP) is 1.47. The molecule has 25 heavy (non-hydrogen) atoms. The molecule has 2 aromatic rings. The van der Waals surface area contributed by atoms with E-state index < -0.39 is 5.60 Å². The van der Waals surface area contributed by atoms with Gasteiger partial charge >= 0.3 is 0 Å². The Hall–Kier alpha value is -1.89. The van der Waals surface area contributed by atoms with E-state index in [9.17, 15) is 9.90 Å². The van der Waals surface area contributed by atoms with Gasteiger partial charge in [0.05, 0.1) is 19.8 Å². The Labute approximate surface area is 147 Å². The van der Waals surface area contributed by atoms with Crippen molar-refractivity contribution in [3.63, 3.8) is 0 Å². The molecule has 2 saturated heterocycles. The lowest BCUT2D eigenvalue weighted by Gasteiger charge is -2.34. The number of aromatic amines is 1. The monoisotopic (exact) mass is 343 g/mol. The van der Waals surface area contributed by atoms with Gasteiger partial charge in [0.2, 0.25) is 0 Å². The molecule has 2 aliphatic rings. The van der Waals surface area contributed by atoms with Crippen LogP contribution in [-0.4, -0.2) is 77.3 Å². The van der Waals surface area contributed by atoms with Crippen LogP contribution in [0.1, 0.15) is 23.2 Å². The Morgan fingerprint density at radius 3 is 2.92 bits per heavy atom. The second kappa shape index (κ2) is 6.78. The molecule has 6 nitrogen and oxygen atoms in total. The maximum absolute atomic E-state index is 13.0. The quantitative estimate of drug-likeness (QED) is 0.885. The van der Waals surface area contributed by atoms with Crippen LogP contribution >= 0.6 is 0 Å². The predicted molar refractivity (Wildman–Crippen MR) is 95.6 cm³/mol. The molecular weight excluding hydrogens is 318 g/mol. The van der Waals surface area contributed by atoms with Gasteiger partial charge in [-0.05, 0) is 49.5 Å². The number of carbonyl (C=O) groups is 1. The third-order valence-corrected chi connectivity index (χ3v) is 5.17. The number of hydrogen-bond donors (Lipinski definition) is 2. The van der Waals surface area contributed by atoms with Gasteiger partial charge in [-0.1, -0.05) is 6.07 Å². The van der Waals surface area contributed by atoms with Gasteiger partial charge in [-0.15, -0.1) is 0 Å². The number of nitrogens with zero attached hydrogens (tertiary/aromatic N) is 2. The molecule has 0 unspecified atom stereocenters. The van der Waals surface area contributed by atoms with Crippen LogP contribution in [0.4, 0.5) is 0 Å². The molecule has 3 heterocycles. The fourth-order valence-corrected chi connectivity index (χ4v) is 3.91. The lowest BCUT2D eigenvalue weighted by Crippen LogP contribution is -2.53. The average molecular weight is 343 g/mol. The molecule has 4 rings (SSSR count). The highest BCUT2D eigenvalue weighted by molar-refractivity contribution is 5.98. The van der Waals surface area contributed by atoms with Crippen molar-refractivity contribution in [1.82, 2.24) is 14.8 Å². The van der Waals surface area contributed by atoms with Gasteiger partial charge in [0.1, 0.15) is 5.60 Å². The van der Waals surface area contributed by atoms with E-state index >= 15 is 0 Å². The van der Waals surface area contributed by atoms with Crippen LogP contribution in [0.15, 0.2) is 30.5 Å². The van der Waals surface area contributed by atoms with Crippen LogP contribution in [-0.2, 0) is 4.74 Å². The van der Waals surface area contributed by atoms with Crippen LogP contribution in [0.3, 0.4) is 0 Å². The fraction of sp³-hybridized carbons (Fsp3) is 0.526. The molecule has 1 aromatic heterocycles. The number of carbonyl (C=O) groups excluding carboxylic acids is 1. The fourth-order valence-electron chi connectivity index (χ4n) is 3.91. The lowest BCUT2D eigenvalue weighted by atomic mass is 10.0. The van der Waals surface area contributed by atoms with Crippen molar-refractivity contribution in [3.8, 4) is 0 Å². The summed E-state index contributed by atoms with van der Waals surface area (Å²) in [5, 5.41) is 12.1. The summed E-state index contributed by atoms with van der Waals surface area (Å²) < 4.78 is 5.62. The standard InChI is InChI=1S/C19H25N3O3/c23-18(16-4-3-15-5-6-20-17(15)11-16)22-9-10-25-14-19(24,13-22)12-21-7-1-2-8-21/h3-6,11,20,24H,1-2,7-10,12-14H2/t19-/m1/s1. The highest BCUT2D eigenvalue weighted by Crippen LogP contribution is 2.21. The van der Waals surface area contributed by atoms with Crippen LogP contribution in [0.25, 0.3) is 10.9 Å². The first kappa shape index (κ1) is 16.6. The molecule has 1 amide bonds. The van der Waals surface area contributed by atoms with Crippen molar-refractivity contribution in [3.05, 3.63) is 36.0 Å². The zero-order valence-electron chi connectivity index (χ0n) is 14.4. The van der Waals surface area contributed by atoms with E-state index in [1.807, 2.05) is 30.5 Å². The molecule has 2 aliphatic heterocycles. The average Bonchev–Trinajstić information content (AvgIpc) is 3.23. The van der Waals surface area contributed by atoms with Crippen molar-refractivity contribution in [2.75, 3.05) is 45.9 Å². The lowest BCUT2D eigenvalue weighted by molar-refractivity contribution is -0.0524. The van der Waals surface area contributed by atoms with Crippen LogP contribution < -0.4 is 0 Å². The molecule has 1 aromatic carbocycles. The number of aliphatic hydroxyl groups is 1. The molecule has 0 saturated carbocycles. The normalized spacial score (nSPS) is 25.4. The first-order valence-corrected chi connectivity index (χ1v) is 9.02. The van der Waals surface area contributed by atoms with Gasteiger partial charge < -0.3 is 24.6 Å². The summed E-state index contributed by atoms with van der Waals surface area (Å²) in [6.45, 7) is 4.14. The minimum atomic E-state index is -1.01. The Morgan fingerprint density at radius 1 is 1.24 bits per heavy atom. The Morgan fingerprint density at radius 2 is 2.08 bits per heavy atom. The van der Waals surface area contributed by atoms with Crippen LogP contribution in [0, 0.1) is 0 Å².